The second kappa shape index (κ2) is 6.60. The van der Waals surface area contributed by atoms with E-state index in [1.807, 2.05) is 12.1 Å². The van der Waals surface area contributed by atoms with Crippen molar-refractivity contribution in [3.63, 3.8) is 0 Å². The van der Waals surface area contributed by atoms with Gasteiger partial charge in [0.15, 0.2) is 0 Å². The van der Waals surface area contributed by atoms with Crippen molar-refractivity contribution in [2.45, 2.75) is 0 Å². The van der Waals surface area contributed by atoms with Gasteiger partial charge in [-0.05, 0) is 24.3 Å². The Bertz CT molecular complexity index is 708. The van der Waals surface area contributed by atoms with Gasteiger partial charge >= 0.3 is 7.75 Å². The first-order chi connectivity index (χ1) is 10.7. The molecule has 3 aromatic rings. The summed E-state index contributed by atoms with van der Waals surface area (Å²) in [6.07, 6.45) is 0. The number of nitrogens with one attached hydrogen (secondary N) is 1. The van der Waals surface area contributed by atoms with E-state index in [9.17, 15) is 4.57 Å². The largest absolute Gasteiger partial charge is 0.543 e. The molecular weight excluding hydrogens is 321 g/mol. The summed E-state index contributed by atoms with van der Waals surface area (Å²) in [6.45, 7) is 0. The number of benzene rings is 2. The van der Waals surface area contributed by atoms with Crippen LogP contribution < -0.4 is 14.1 Å². The summed E-state index contributed by atoms with van der Waals surface area (Å²) in [5, 5.41) is 10.5. The van der Waals surface area contributed by atoms with Crippen LogP contribution in [0.5, 0.6) is 11.5 Å². The summed E-state index contributed by atoms with van der Waals surface area (Å²) in [4.78, 5) is 0. The molecule has 0 aliphatic carbocycles. The van der Waals surface area contributed by atoms with Gasteiger partial charge in [0.2, 0.25) is 5.13 Å². The molecule has 0 radical (unpaired) electrons. The second-order valence-corrected chi connectivity index (χ2v) is 6.58. The lowest BCUT2D eigenvalue weighted by molar-refractivity contribution is 0.393. The molecular formula is C14H12N3O3PS. The second-order valence-electron chi connectivity index (χ2n) is 4.16. The summed E-state index contributed by atoms with van der Waals surface area (Å²) in [6, 6.07) is 17.6. The number of hydrogen-bond donors (Lipinski definition) is 1. The van der Waals surface area contributed by atoms with Gasteiger partial charge < -0.3 is 9.05 Å². The number of hydrogen-bond acceptors (Lipinski definition) is 6. The van der Waals surface area contributed by atoms with Crippen LogP contribution in [0.3, 0.4) is 0 Å². The highest BCUT2D eigenvalue weighted by atomic mass is 32.1. The van der Waals surface area contributed by atoms with Crippen LogP contribution in [0.2, 0.25) is 0 Å². The Hall–Kier alpha value is -2.37. The van der Waals surface area contributed by atoms with Gasteiger partial charge in [0.05, 0.1) is 0 Å². The van der Waals surface area contributed by atoms with Crippen LogP contribution in [-0.4, -0.2) is 10.2 Å². The molecule has 0 atom stereocenters. The summed E-state index contributed by atoms with van der Waals surface area (Å²) in [5.41, 5.74) is 1.53. The fourth-order valence-electron chi connectivity index (χ4n) is 1.64. The third-order valence-electron chi connectivity index (χ3n) is 2.53. The van der Waals surface area contributed by atoms with Crippen molar-refractivity contribution in [1.29, 1.82) is 0 Å². The highest BCUT2D eigenvalue weighted by Gasteiger charge is 2.30. The topological polar surface area (TPSA) is 73.3 Å². The van der Waals surface area contributed by atoms with Gasteiger partial charge in [-0.3, -0.25) is 0 Å². The van der Waals surface area contributed by atoms with Crippen molar-refractivity contribution in [2.75, 3.05) is 5.09 Å². The first kappa shape index (κ1) is 14.6. The number of para-hydroxylation sites is 2. The first-order valence-electron chi connectivity index (χ1n) is 6.37. The summed E-state index contributed by atoms with van der Waals surface area (Å²) >= 11 is 1.21. The lowest BCUT2D eigenvalue weighted by Gasteiger charge is -2.19. The zero-order chi connectivity index (χ0) is 15.3. The van der Waals surface area contributed by atoms with Gasteiger partial charge in [-0.2, -0.15) is 0 Å². The van der Waals surface area contributed by atoms with E-state index >= 15 is 0 Å². The minimum atomic E-state index is -3.69. The third-order valence-corrected chi connectivity index (χ3v) is 4.68. The Morgan fingerprint density at radius 1 is 0.909 bits per heavy atom. The third kappa shape index (κ3) is 3.84. The van der Waals surface area contributed by atoms with E-state index in [0.717, 1.165) is 0 Å². The van der Waals surface area contributed by atoms with E-state index in [4.69, 9.17) is 9.05 Å². The number of anilines is 1. The molecule has 0 bridgehead atoms. The minimum absolute atomic E-state index is 0.357. The van der Waals surface area contributed by atoms with Crippen molar-refractivity contribution >= 4 is 24.2 Å². The van der Waals surface area contributed by atoms with Crippen LogP contribution in [0.4, 0.5) is 5.13 Å². The van der Waals surface area contributed by atoms with E-state index in [-0.39, 0.29) is 0 Å². The predicted octanol–water partition coefficient (Wildman–Crippen LogP) is 4.22. The van der Waals surface area contributed by atoms with E-state index in [2.05, 4.69) is 15.3 Å². The molecule has 0 amide bonds. The van der Waals surface area contributed by atoms with Crippen LogP contribution in [0.15, 0.2) is 66.2 Å². The Morgan fingerprint density at radius 2 is 1.45 bits per heavy atom. The van der Waals surface area contributed by atoms with E-state index < -0.39 is 7.75 Å². The summed E-state index contributed by atoms with van der Waals surface area (Å²) in [7, 11) is -3.69. The molecule has 2 aromatic carbocycles. The number of rotatable bonds is 6. The molecule has 112 valence electrons. The Kier molecular flexibility index (Phi) is 4.37. The SMILES string of the molecule is O=P(Nc1nncs1)(Oc1ccccc1)Oc1ccccc1. The maximum Gasteiger partial charge on any atom is 0.543 e. The molecule has 0 unspecified atom stereocenters. The van der Waals surface area contributed by atoms with Gasteiger partial charge in [-0.25, -0.2) is 9.65 Å². The molecule has 1 aromatic heterocycles. The summed E-state index contributed by atoms with van der Waals surface area (Å²) < 4.78 is 24.1. The van der Waals surface area contributed by atoms with E-state index in [0.29, 0.717) is 16.6 Å². The molecule has 0 saturated heterocycles. The van der Waals surface area contributed by atoms with Crippen molar-refractivity contribution in [2.24, 2.45) is 0 Å². The fourth-order valence-corrected chi connectivity index (χ4v) is 3.68. The molecule has 0 spiro atoms. The maximum atomic E-state index is 13.0. The molecule has 1 heterocycles. The van der Waals surface area contributed by atoms with Crippen LogP contribution >= 0.6 is 19.1 Å². The van der Waals surface area contributed by atoms with Gasteiger partial charge in [-0.1, -0.05) is 47.7 Å². The number of nitrogens with zero attached hydrogens (tertiary/aromatic N) is 2. The van der Waals surface area contributed by atoms with Crippen molar-refractivity contribution < 1.29 is 13.6 Å². The Labute approximate surface area is 131 Å². The molecule has 3 rings (SSSR count). The summed E-state index contributed by atoms with van der Waals surface area (Å²) in [5.74, 6) is 0.859. The van der Waals surface area contributed by atoms with E-state index in [1.54, 1.807) is 48.5 Å². The van der Waals surface area contributed by atoms with Crippen LogP contribution in [0, 0.1) is 0 Å². The number of aromatic nitrogens is 2. The van der Waals surface area contributed by atoms with Gasteiger partial charge in [-0.15, -0.1) is 10.2 Å². The van der Waals surface area contributed by atoms with Crippen LogP contribution in [0.1, 0.15) is 0 Å². The first-order valence-corrected chi connectivity index (χ1v) is 8.79. The maximum absolute atomic E-state index is 13.0. The van der Waals surface area contributed by atoms with Crippen LogP contribution in [-0.2, 0) is 4.57 Å². The lowest BCUT2D eigenvalue weighted by Crippen LogP contribution is -2.09. The standard InChI is InChI=1S/C14H12N3O3PS/c18-21(17-14-16-15-11-22-14,19-12-7-3-1-4-8-12)20-13-9-5-2-6-10-13/h1-11H,(H,16,17,18). The zero-order valence-electron chi connectivity index (χ0n) is 11.3. The Morgan fingerprint density at radius 3 is 1.91 bits per heavy atom. The molecule has 8 heteroatoms. The average Bonchev–Trinajstić information content (AvgIpc) is 3.01. The van der Waals surface area contributed by atoms with E-state index in [1.165, 1.54) is 16.8 Å². The fraction of sp³-hybridized carbons (Fsp3) is 0. The van der Waals surface area contributed by atoms with Gasteiger partial charge in [0, 0.05) is 0 Å². The molecule has 0 saturated carbocycles. The highest BCUT2D eigenvalue weighted by Crippen LogP contribution is 2.48. The smallest absolute Gasteiger partial charge is 0.400 e. The molecule has 1 N–H and O–H groups in total. The van der Waals surface area contributed by atoms with Crippen molar-refractivity contribution in [3.05, 3.63) is 66.2 Å². The zero-order valence-corrected chi connectivity index (χ0v) is 13.0. The normalized spacial score (nSPS) is 10.9. The molecule has 0 aliphatic heterocycles. The van der Waals surface area contributed by atoms with Crippen molar-refractivity contribution in [1.82, 2.24) is 10.2 Å². The lowest BCUT2D eigenvalue weighted by atomic mass is 10.3. The highest BCUT2D eigenvalue weighted by molar-refractivity contribution is 7.56. The quantitative estimate of drug-likeness (QED) is 0.681. The average molecular weight is 333 g/mol. The molecule has 0 fully saturated rings. The minimum Gasteiger partial charge on any atom is -0.400 e. The Balaban J connectivity index is 1.85. The molecule has 22 heavy (non-hydrogen) atoms. The monoisotopic (exact) mass is 333 g/mol. The molecule has 6 nitrogen and oxygen atoms in total. The van der Waals surface area contributed by atoms with Crippen LogP contribution in [0.25, 0.3) is 0 Å². The van der Waals surface area contributed by atoms with Gasteiger partial charge in [0.1, 0.15) is 17.0 Å². The van der Waals surface area contributed by atoms with Gasteiger partial charge in [0.25, 0.3) is 0 Å². The predicted molar refractivity (Wildman–Crippen MR) is 85.3 cm³/mol. The van der Waals surface area contributed by atoms with Crippen molar-refractivity contribution in [3.8, 4) is 11.5 Å². The molecule has 0 aliphatic rings.